The SMILES string of the molecule is CC(=O)O.Cc1cccnc1Cl. The summed E-state index contributed by atoms with van der Waals surface area (Å²) >= 11 is 5.60. The van der Waals surface area contributed by atoms with Crippen molar-refractivity contribution in [3.63, 3.8) is 0 Å². The van der Waals surface area contributed by atoms with E-state index in [0.717, 1.165) is 12.5 Å². The summed E-state index contributed by atoms with van der Waals surface area (Å²) in [6.45, 7) is 3.01. The molecule has 1 aromatic heterocycles. The highest BCUT2D eigenvalue weighted by Crippen LogP contribution is 2.07. The van der Waals surface area contributed by atoms with E-state index < -0.39 is 5.97 Å². The number of carboxylic acids is 1. The second kappa shape index (κ2) is 5.55. The number of hydrogen-bond donors (Lipinski definition) is 1. The molecule has 0 fully saturated rings. The molecule has 1 heterocycles. The van der Waals surface area contributed by atoms with Crippen molar-refractivity contribution < 1.29 is 9.90 Å². The van der Waals surface area contributed by atoms with Crippen molar-refractivity contribution >= 4 is 17.6 Å². The highest BCUT2D eigenvalue weighted by atomic mass is 35.5. The normalized spacial score (nSPS) is 8.25. The zero-order valence-corrected chi connectivity index (χ0v) is 7.67. The molecule has 3 nitrogen and oxygen atoms in total. The molecule has 66 valence electrons. The number of carboxylic acid groups (broad SMARTS) is 1. The van der Waals surface area contributed by atoms with E-state index in [4.69, 9.17) is 21.5 Å². The maximum Gasteiger partial charge on any atom is 0.300 e. The molecule has 4 heteroatoms. The van der Waals surface area contributed by atoms with Crippen LogP contribution in [0.2, 0.25) is 5.15 Å². The molecule has 0 unspecified atom stereocenters. The summed E-state index contributed by atoms with van der Waals surface area (Å²) in [4.78, 5) is 12.8. The maximum absolute atomic E-state index is 9.00. The van der Waals surface area contributed by atoms with Crippen LogP contribution in [0, 0.1) is 6.92 Å². The monoisotopic (exact) mass is 187 g/mol. The zero-order chi connectivity index (χ0) is 9.56. The number of aliphatic carboxylic acids is 1. The predicted octanol–water partition coefficient (Wildman–Crippen LogP) is 2.13. The number of pyridine rings is 1. The summed E-state index contributed by atoms with van der Waals surface area (Å²) in [7, 11) is 0. The van der Waals surface area contributed by atoms with Gasteiger partial charge in [-0.2, -0.15) is 0 Å². The highest BCUT2D eigenvalue weighted by Gasteiger charge is 1.88. The smallest absolute Gasteiger partial charge is 0.300 e. The van der Waals surface area contributed by atoms with E-state index in [1.165, 1.54) is 0 Å². The first-order valence-electron chi connectivity index (χ1n) is 3.30. The number of hydrogen-bond acceptors (Lipinski definition) is 2. The lowest BCUT2D eigenvalue weighted by atomic mass is 10.3. The first-order chi connectivity index (χ1) is 5.54. The fourth-order valence-corrected chi connectivity index (χ4v) is 0.586. The van der Waals surface area contributed by atoms with Crippen LogP contribution in [0.1, 0.15) is 12.5 Å². The summed E-state index contributed by atoms with van der Waals surface area (Å²) in [5, 5.41) is 8.01. The number of carbonyl (C=O) groups is 1. The Morgan fingerprint density at radius 1 is 1.67 bits per heavy atom. The predicted molar refractivity (Wildman–Crippen MR) is 47.3 cm³/mol. The van der Waals surface area contributed by atoms with Crippen molar-refractivity contribution in [2.24, 2.45) is 0 Å². The Morgan fingerprint density at radius 2 is 2.17 bits per heavy atom. The fourth-order valence-electron chi connectivity index (χ4n) is 0.466. The van der Waals surface area contributed by atoms with Crippen LogP contribution in [-0.4, -0.2) is 16.1 Å². The molecule has 0 aromatic carbocycles. The van der Waals surface area contributed by atoms with Crippen molar-refractivity contribution in [3.05, 3.63) is 29.0 Å². The Kier molecular flexibility index (Phi) is 5.04. The van der Waals surface area contributed by atoms with Gasteiger partial charge in [-0.3, -0.25) is 4.79 Å². The van der Waals surface area contributed by atoms with Crippen LogP contribution < -0.4 is 0 Å². The Balaban J connectivity index is 0.000000261. The lowest BCUT2D eigenvalue weighted by molar-refractivity contribution is -0.134. The molecule has 0 saturated heterocycles. The average Bonchev–Trinajstić information content (AvgIpc) is 1.94. The van der Waals surface area contributed by atoms with Crippen molar-refractivity contribution in [2.75, 3.05) is 0 Å². The zero-order valence-electron chi connectivity index (χ0n) is 6.91. The van der Waals surface area contributed by atoms with Crippen molar-refractivity contribution in [2.45, 2.75) is 13.8 Å². The maximum atomic E-state index is 9.00. The number of rotatable bonds is 0. The Hall–Kier alpha value is -1.09. The van der Waals surface area contributed by atoms with Crippen LogP contribution in [0.15, 0.2) is 18.3 Å². The molecule has 1 rings (SSSR count). The number of aromatic nitrogens is 1. The van der Waals surface area contributed by atoms with E-state index in [-0.39, 0.29) is 0 Å². The average molecular weight is 188 g/mol. The van der Waals surface area contributed by atoms with Crippen molar-refractivity contribution in [1.82, 2.24) is 4.98 Å². The van der Waals surface area contributed by atoms with Gasteiger partial charge in [-0.15, -0.1) is 0 Å². The molecule has 0 bridgehead atoms. The second-order valence-corrected chi connectivity index (χ2v) is 2.49. The molecule has 0 atom stereocenters. The number of aryl methyl sites for hydroxylation is 1. The van der Waals surface area contributed by atoms with Gasteiger partial charge in [0.1, 0.15) is 5.15 Å². The van der Waals surface area contributed by atoms with Crippen LogP contribution in [-0.2, 0) is 4.79 Å². The highest BCUT2D eigenvalue weighted by molar-refractivity contribution is 6.30. The van der Waals surface area contributed by atoms with E-state index in [2.05, 4.69) is 4.98 Å². The summed E-state index contributed by atoms with van der Waals surface area (Å²) < 4.78 is 0. The Morgan fingerprint density at radius 3 is 2.42 bits per heavy atom. The quantitative estimate of drug-likeness (QED) is 0.633. The minimum atomic E-state index is -0.833. The lowest BCUT2D eigenvalue weighted by Crippen LogP contribution is -1.78. The third kappa shape index (κ3) is 5.68. The molecule has 0 saturated carbocycles. The van der Waals surface area contributed by atoms with Gasteiger partial charge >= 0.3 is 0 Å². The van der Waals surface area contributed by atoms with E-state index in [1.807, 2.05) is 19.1 Å². The molecule has 0 spiro atoms. The molecule has 0 aliphatic heterocycles. The van der Waals surface area contributed by atoms with Gasteiger partial charge in [-0.05, 0) is 18.6 Å². The molecule has 0 aliphatic carbocycles. The standard InChI is InChI=1S/C6H6ClN.C2H4O2/c1-5-3-2-4-8-6(5)7;1-2(3)4/h2-4H,1H3;1H3,(H,3,4). The second-order valence-electron chi connectivity index (χ2n) is 2.13. The number of halogens is 1. The van der Waals surface area contributed by atoms with E-state index in [0.29, 0.717) is 5.15 Å². The van der Waals surface area contributed by atoms with E-state index >= 15 is 0 Å². The number of nitrogens with zero attached hydrogens (tertiary/aromatic N) is 1. The van der Waals surface area contributed by atoms with Gasteiger partial charge in [0.2, 0.25) is 0 Å². The Labute approximate surface area is 76.0 Å². The van der Waals surface area contributed by atoms with Crippen LogP contribution in [0.25, 0.3) is 0 Å². The van der Waals surface area contributed by atoms with Crippen LogP contribution in [0.5, 0.6) is 0 Å². The molecule has 0 amide bonds. The molecular formula is C8H10ClNO2. The van der Waals surface area contributed by atoms with E-state index in [1.54, 1.807) is 6.20 Å². The molecule has 1 N–H and O–H groups in total. The van der Waals surface area contributed by atoms with Crippen LogP contribution >= 0.6 is 11.6 Å². The van der Waals surface area contributed by atoms with Gasteiger partial charge in [0.25, 0.3) is 5.97 Å². The van der Waals surface area contributed by atoms with Gasteiger partial charge in [-0.25, -0.2) is 4.98 Å². The van der Waals surface area contributed by atoms with Gasteiger partial charge in [0, 0.05) is 13.1 Å². The topological polar surface area (TPSA) is 50.2 Å². The van der Waals surface area contributed by atoms with Gasteiger partial charge in [-0.1, -0.05) is 17.7 Å². The fraction of sp³-hybridized carbons (Fsp3) is 0.250. The van der Waals surface area contributed by atoms with Crippen molar-refractivity contribution in [1.29, 1.82) is 0 Å². The van der Waals surface area contributed by atoms with Gasteiger partial charge in [0.15, 0.2) is 0 Å². The Bertz CT molecular complexity index is 238. The molecule has 0 radical (unpaired) electrons. The molecule has 12 heavy (non-hydrogen) atoms. The molecule has 0 aliphatic rings. The summed E-state index contributed by atoms with van der Waals surface area (Å²) in [5.74, 6) is -0.833. The first-order valence-corrected chi connectivity index (χ1v) is 3.68. The van der Waals surface area contributed by atoms with Crippen molar-refractivity contribution in [3.8, 4) is 0 Å². The molecule has 1 aromatic rings. The minimum Gasteiger partial charge on any atom is -0.481 e. The molecular weight excluding hydrogens is 178 g/mol. The van der Waals surface area contributed by atoms with E-state index in [9.17, 15) is 0 Å². The van der Waals surface area contributed by atoms with Crippen LogP contribution in [0.3, 0.4) is 0 Å². The largest absolute Gasteiger partial charge is 0.481 e. The summed E-state index contributed by atoms with van der Waals surface area (Å²) in [6, 6.07) is 3.79. The first kappa shape index (κ1) is 10.9. The third-order valence-electron chi connectivity index (χ3n) is 0.946. The van der Waals surface area contributed by atoms with Gasteiger partial charge in [0.05, 0.1) is 0 Å². The van der Waals surface area contributed by atoms with Gasteiger partial charge < -0.3 is 5.11 Å². The minimum absolute atomic E-state index is 0.590. The van der Waals surface area contributed by atoms with Crippen LogP contribution in [0.4, 0.5) is 0 Å². The summed E-state index contributed by atoms with van der Waals surface area (Å²) in [5.41, 5.74) is 1.02. The lowest BCUT2D eigenvalue weighted by Gasteiger charge is -1.89. The third-order valence-corrected chi connectivity index (χ3v) is 1.34. The summed E-state index contributed by atoms with van der Waals surface area (Å²) in [6.07, 6.45) is 1.68.